The van der Waals surface area contributed by atoms with Gasteiger partial charge < -0.3 is 11.6 Å². The average molecular weight is 101 g/mol. The topological polar surface area (TPSA) is 64.4 Å². The fourth-order valence-electron chi connectivity index (χ4n) is 0.216. The Kier molecular flexibility index (Phi) is 3.32. The van der Waals surface area contributed by atoms with E-state index < -0.39 is 0 Å². The third-order valence-corrected chi connectivity index (χ3v) is 0.749. The lowest BCUT2D eigenvalue weighted by Gasteiger charge is -1.95. The minimum absolute atomic E-state index is 0.0324. The van der Waals surface area contributed by atoms with Gasteiger partial charge in [-0.3, -0.25) is 0 Å². The molecule has 0 unspecified atom stereocenters. The molecule has 42 valence electrons. The molecule has 0 saturated heterocycles. The Morgan fingerprint density at radius 2 is 2.43 bits per heavy atom. The second-order valence-corrected chi connectivity index (χ2v) is 1.37. The highest BCUT2D eigenvalue weighted by Gasteiger charge is 1.88. The van der Waals surface area contributed by atoms with E-state index >= 15 is 0 Å². The summed E-state index contributed by atoms with van der Waals surface area (Å²) in [7, 11) is 0. The largest absolute Gasteiger partial charge is 0.324 e. The summed E-state index contributed by atoms with van der Waals surface area (Å²) in [4.78, 5) is 0. The second-order valence-electron chi connectivity index (χ2n) is 1.37. The van der Waals surface area contributed by atoms with E-state index in [9.17, 15) is 0 Å². The van der Waals surface area contributed by atoms with Crippen molar-refractivity contribution in [2.75, 3.05) is 0 Å². The van der Waals surface area contributed by atoms with Crippen LogP contribution < -0.4 is 11.6 Å². The Morgan fingerprint density at radius 3 is 2.57 bits per heavy atom. The van der Waals surface area contributed by atoms with Gasteiger partial charge in [-0.2, -0.15) is 5.10 Å². The molecule has 0 aliphatic heterocycles. The first-order valence-electron chi connectivity index (χ1n) is 2.30. The average Bonchev–Trinajstić information content (AvgIpc) is 1.68. The lowest BCUT2D eigenvalue weighted by molar-refractivity contribution is 0.830. The first kappa shape index (κ1) is 6.43. The van der Waals surface area contributed by atoms with Crippen molar-refractivity contribution < 1.29 is 0 Å². The van der Waals surface area contributed by atoms with Crippen LogP contribution in [0.5, 0.6) is 0 Å². The van der Waals surface area contributed by atoms with Crippen LogP contribution in [0.25, 0.3) is 0 Å². The Bertz CT molecular complexity index is 60.0. The molecule has 0 saturated carbocycles. The molecule has 0 aromatic carbocycles. The molecule has 0 radical (unpaired) electrons. The molecule has 1 atom stereocenters. The van der Waals surface area contributed by atoms with E-state index in [1.165, 1.54) is 6.21 Å². The predicted molar refractivity (Wildman–Crippen MR) is 30.9 cm³/mol. The van der Waals surface area contributed by atoms with Crippen LogP contribution >= 0.6 is 0 Å². The zero-order valence-electron chi connectivity index (χ0n) is 4.46. The minimum Gasteiger partial charge on any atom is -0.324 e. The van der Waals surface area contributed by atoms with Crippen molar-refractivity contribution in [2.24, 2.45) is 16.7 Å². The molecule has 4 N–H and O–H groups in total. The lowest BCUT2D eigenvalue weighted by Crippen LogP contribution is -2.20. The Hall–Kier alpha value is -0.570. The fraction of sp³-hybridized carbons (Fsp3) is 0.750. The molecule has 0 bridgehead atoms. The van der Waals surface area contributed by atoms with Crippen LogP contribution in [0.1, 0.15) is 13.3 Å². The van der Waals surface area contributed by atoms with E-state index in [4.69, 9.17) is 11.6 Å². The van der Waals surface area contributed by atoms with Gasteiger partial charge in [0, 0.05) is 12.3 Å². The van der Waals surface area contributed by atoms with Crippen LogP contribution in [0.15, 0.2) is 5.10 Å². The van der Waals surface area contributed by atoms with E-state index in [-0.39, 0.29) is 6.04 Å². The second kappa shape index (κ2) is 3.61. The maximum absolute atomic E-state index is 5.35. The summed E-state index contributed by atoms with van der Waals surface area (Å²) < 4.78 is 0. The molecule has 0 aromatic heterocycles. The highest BCUT2D eigenvalue weighted by molar-refractivity contribution is 5.63. The van der Waals surface area contributed by atoms with E-state index in [1.54, 1.807) is 0 Å². The summed E-state index contributed by atoms with van der Waals surface area (Å²) in [5, 5.41) is 3.26. The summed E-state index contributed by atoms with van der Waals surface area (Å²) in [6.07, 6.45) is 2.42. The van der Waals surface area contributed by atoms with Crippen LogP contribution in [0.3, 0.4) is 0 Å². The highest BCUT2D eigenvalue weighted by atomic mass is 15.1. The highest BCUT2D eigenvalue weighted by Crippen LogP contribution is 1.77. The van der Waals surface area contributed by atoms with Crippen LogP contribution in [0.2, 0.25) is 0 Å². The van der Waals surface area contributed by atoms with Crippen molar-refractivity contribution in [2.45, 2.75) is 19.4 Å². The van der Waals surface area contributed by atoms with Crippen LogP contribution in [-0.2, 0) is 0 Å². The number of hydrogen-bond acceptors (Lipinski definition) is 3. The molecule has 0 amide bonds. The lowest BCUT2D eigenvalue weighted by atomic mass is 10.3. The zero-order valence-corrected chi connectivity index (χ0v) is 4.46. The van der Waals surface area contributed by atoms with Gasteiger partial charge in [-0.15, -0.1) is 0 Å². The monoisotopic (exact) mass is 101 g/mol. The normalized spacial score (nSPS) is 15.1. The van der Waals surface area contributed by atoms with Crippen LogP contribution in [0.4, 0.5) is 0 Å². The third-order valence-electron chi connectivity index (χ3n) is 0.749. The molecule has 0 aromatic rings. The van der Waals surface area contributed by atoms with Crippen LogP contribution in [0, 0.1) is 0 Å². The molecule has 7 heavy (non-hydrogen) atoms. The smallest absolute Gasteiger partial charge is 0.0414 e. The Balaban J connectivity index is 3.16. The summed E-state index contributed by atoms with van der Waals surface area (Å²) in [5.74, 6) is 4.79. The number of hydrogen-bond donors (Lipinski definition) is 2. The van der Waals surface area contributed by atoms with Gasteiger partial charge in [0.2, 0.25) is 0 Å². The van der Waals surface area contributed by atoms with Crippen LogP contribution in [-0.4, -0.2) is 12.3 Å². The number of nitrogens with zero attached hydrogens (tertiary/aromatic N) is 1. The first-order valence-corrected chi connectivity index (χ1v) is 2.30. The minimum atomic E-state index is 0.0324. The van der Waals surface area contributed by atoms with Crippen molar-refractivity contribution in [3.8, 4) is 0 Å². The van der Waals surface area contributed by atoms with Gasteiger partial charge in [-0.05, 0) is 6.42 Å². The van der Waals surface area contributed by atoms with Crippen molar-refractivity contribution in [1.29, 1.82) is 0 Å². The number of hydrazone groups is 1. The quantitative estimate of drug-likeness (QED) is 0.284. The van der Waals surface area contributed by atoms with Gasteiger partial charge in [-0.1, -0.05) is 6.92 Å². The summed E-state index contributed by atoms with van der Waals surface area (Å²) in [6, 6.07) is 0.0324. The molecule has 0 rings (SSSR count). The van der Waals surface area contributed by atoms with E-state index in [0.29, 0.717) is 0 Å². The standard InChI is InChI=1S/C4H11N3/c1-2-4(5)3-7-6/h3-4H,2,5-6H2,1H3/b7-3+/t4-/m0/s1. The fourth-order valence-corrected chi connectivity index (χ4v) is 0.216. The van der Waals surface area contributed by atoms with E-state index in [1.807, 2.05) is 6.92 Å². The van der Waals surface area contributed by atoms with Crippen molar-refractivity contribution >= 4 is 6.21 Å². The van der Waals surface area contributed by atoms with E-state index in [2.05, 4.69) is 5.10 Å². The third kappa shape index (κ3) is 3.26. The van der Waals surface area contributed by atoms with Gasteiger partial charge >= 0.3 is 0 Å². The summed E-state index contributed by atoms with van der Waals surface area (Å²) in [6.45, 7) is 1.98. The van der Waals surface area contributed by atoms with Gasteiger partial charge in [0.1, 0.15) is 0 Å². The van der Waals surface area contributed by atoms with Crippen molar-refractivity contribution in [1.82, 2.24) is 0 Å². The van der Waals surface area contributed by atoms with Gasteiger partial charge in [0.15, 0.2) is 0 Å². The zero-order chi connectivity index (χ0) is 5.70. The van der Waals surface area contributed by atoms with Gasteiger partial charge in [-0.25, -0.2) is 0 Å². The molecular formula is C4H11N3. The molecule has 0 fully saturated rings. The van der Waals surface area contributed by atoms with Crippen molar-refractivity contribution in [3.05, 3.63) is 0 Å². The van der Waals surface area contributed by atoms with Gasteiger partial charge in [0.05, 0.1) is 0 Å². The molecule has 3 heteroatoms. The van der Waals surface area contributed by atoms with Gasteiger partial charge in [0.25, 0.3) is 0 Å². The van der Waals surface area contributed by atoms with Crippen molar-refractivity contribution in [3.63, 3.8) is 0 Å². The molecule has 0 aliphatic carbocycles. The predicted octanol–water partition coefficient (Wildman–Crippen LogP) is -0.332. The molecule has 0 aliphatic rings. The number of rotatable bonds is 2. The summed E-state index contributed by atoms with van der Waals surface area (Å²) in [5.41, 5.74) is 5.35. The maximum Gasteiger partial charge on any atom is 0.0414 e. The SMILES string of the molecule is CC[C@H](N)/C=N/N. The van der Waals surface area contributed by atoms with E-state index in [0.717, 1.165) is 6.42 Å². The molecule has 3 nitrogen and oxygen atoms in total. The first-order chi connectivity index (χ1) is 3.31. The Labute approximate surface area is 43.4 Å². The Morgan fingerprint density at radius 1 is 1.86 bits per heavy atom. The number of nitrogens with two attached hydrogens (primary N) is 2. The maximum atomic E-state index is 5.35. The molecular weight excluding hydrogens is 90.1 g/mol. The molecule has 0 heterocycles. The summed E-state index contributed by atoms with van der Waals surface area (Å²) >= 11 is 0. The molecule has 0 spiro atoms.